The molecule has 0 aliphatic carbocycles. The van der Waals surface area contributed by atoms with E-state index in [1.54, 1.807) is 11.3 Å². The van der Waals surface area contributed by atoms with Crippen LogP contribution in [0.25, 0.3) is 0 Å². The number of sulfonamides is 1. The minimum atomic E-state index is -4.79. The molecule has 0 saturated heterocycles. The van der Waals surface area contributed by atoms with Gasteiger partial charge in [-0.15, -0.1) is 38.3 Å². The highest BCUT2D eigenvalue weighted by molar-refractivity contribution is 8.13. The maximum Gasteiger partial charge on any atom is 0.430 e. The van der Waals surface area contributed by atoms with Crippen molar-refractivity contribution in [3.63, 3.8) is 0 Å². The van der Waals surface area contributed by atoms with E-state index in [2.05, 4.69) is 15.0 Å². The number of aromatic carboxylic acids is 1. The molecule has 5 aromatic rings. The lowest BCUT2D eigenvalue weighted by atomic mass is 10.2. The molecule has 0 aliphatic heterocycles. The lowest BCUT2D eigenvalue weighted by molar-refractivity contribution is 0.0606. The van der Waals surface area contributed by atoms with Gasteiger partial charge in [-0.05, 0) is 39.8 Å². The molecule has 5 rings (SSSR count). The summed E-state index contributed by atoms with van der Waals surface area (Å²) in [5.41, 5.74) is 4.82. The first-order chi connectivity index (χ1) is 24.0. The van der Waals surface area contributed by atoms with Crippen molar-refractivity contribution in [3.8, 4) is 0 Å². The van der Waals surface area contributed by atoms with Crippen LogP contribution in [0.3, 0.4) is 0 Å². The van der Waals surface area contributed by atoms with Gasteiger partial charge in [-0.25, -0.2) is 54.0 Å². The van der Waals surface area contributed by atoms with Crippen LogP contribution in [0, 0.1) is 30.2 Å². The van der Waals surface area contributed by atoms with E-state index in [0.717, 1.165) is 17.0 Å². The molecule has 3 aromatic heterocycles. The highest BCUT2D eigenvalue weighted by atomic mass is 35.7. The SMILES string of the molecule is CC(C)(C)OC(=O)N(c1cscn1)S(=O)(=O)c1cc(Cl)c(F)cc1F.Cc1cscn1.O=C(O)c1cscn1.O=S(=O)(Cl)c1cc(Cl)c(F)cc1F. The van der Waals surface area contributed by atoms with Gasteiger partial charge in [0.2, 0.25) is 0 Å². The van der Waals surface area contributed by atoms with Gasteiger partial charge in [-0.2, -0.15) is 0 Å². The minimum Gasteiger partial charge on any atom is -0.476 e. The summed E-state index contributed by atoms with van der Waals surface area (Å²) < 4.78 is 105. The third-order valence-corrected chi connectivity index (χ3v) is 10.6. The van der Waals surface area contributed by atoms with E-state index in [4.69, 9.17) is 43.7 Å². The van der Waals surface area contributed by atoms with Crippen molar-refractivity contribution in [2.75, 3.05) is 4.31 Å². The molecule has 0 unspecified atom stereocenters. The number of hydrogen-bond acceptors (Lipinski definition) is 13. The number of anilines is 1. The van der Waals surface area contributed by atoms with Crippen LogP contribution >= 0.6 is 67.9 Å². The molecule has 0 aliphatic rings. The van der Waals surface area contributed by atoms with Gasteiger partial charge >= 0.3 is 12.1 Å². The van der Waals surface area contributed by atoms with E-state index >= 15 is 0 Å². The zero-order chi connectivity index (χ0) is 39.6. The summed E-state index contributed by atoms with van der Waals surface area (Å²) in [5, 5.41) is 11.9. The van der Waals surface area contributed by atoms with Crippen LogP contribution in [0.1, 0.15) is 37.0 Å². The Hall–Kier alpha value is -3.44. The molecular weight excluding hydrogens is 863 g/mol. The number of aryl methyl sites for hydroxylation is 1. The van der Waals surface area contributed by atoms with Gasteiger partial charge in [0.1, 0.15) is 38.7 Å². The second-order valence-electron chi connectivity index (χ2n) is 10.2. The summed E-state index contributed by atoms with van der Waals surface area (Å²) >= 11 is 14.7. The Bertz CT molecular complexity index is 2190. The van der Waals surface area contributed by atoms with Crippen molar-refractivity contribution in [3.05, 3.63) is 102 Å². The fraction of sp³-hybridized carbons (Fsp3) is 0.179. The molecule has 0 bridgehead atoms. The number of amides is 1. The molecule has 0 fully saturated rings. The molecule has 0 spiro atoms. The smallest absolute Gasteiger partial charge is 0.430 e. The van der Waals surface area contributed by atoms with Crippen LogP contribution in [0.2, 0.25) is 10.0 Å². The number of carbonyl (C=O) groups excluding carboxylic acids is 1. The Morgan fingerprint density at radius 2 is 1.25 bits per heavy atom. The molecule has 24 heteroatoms. The summed E-state index contributed by atoms with van der Waals surface area (Å²) in [7, 11) is -4.18. The van der Waals surface area contributed by atoms with E-state index in [0.29, 0.717) is 24.3 Å². The number of hydrogen-bond donors (Lipinski definition) is 1. The number of carboxylic acid groups (broad SMARTS) is 1. The number of ether oxygens (including phenoxy) is 1. The molecule has 2 aromatic carbocycles. The topological polar surface area (TPSA) is 174 Å². The quantitative estimate of drug-likeness (QED) is 0.101. The van der Waals surface area contributed by atoms with Gasteiger partial charge in [0.25, 0.3) is 19.1 Å². The Labute approximate surface area is 320 Å². The Kier molecular flexibility index (Phi) is 16.4. The van der Waals surface area contributed by atoms with Crippen molar-refractivity contribution in [1.82, 2.24) is 15.0 Å². The number of aromatic nitrogens is 3. The van der Waals surface area contributed by atoms with Crippen molar-refractivity contribution in [2.45, 2.75) is 43.1 Å². The molecule has 3 heterocycles. The number of benzene rings is 2. The van der Waals surface area contributed by atoms with E-state index in [9.17, 15) is 44.0 Å². The first-order valence-corrected chi connectivity index (χ1v) is 20.7. The highest BCUT2D eigenvalue weighted by Gasteiger charge is 2.38. The maximum atomic E-state index is 14.1. The summed E-state index contributed by atoms with van der Waals surface area (Å²) in [6.07, 6.45) is -1.28. The molecule has 52 heavy (non-hydrogen) atoms. The molecule has 0 saturated carbocycles. The van der Waals surface area contributed by atoms with Crippen molar-refractivity contribution in [1.29, 1.82) is 0 Å². The van der Waals surface area contributed by atoms with Crippen LogP contribution in [0.5, 0.6) is 0 Å². The number of thiazole rings is 3. The molecule has 12 nitrogen and oxygen atoms in total. The van der Waals surface area contributed by atoms with E-state index in [-0.39, 0.29) is 15.8 Å². The second kappa shape index (κ2) is 19.1. The predicted molar refractivity (Wildman–Crippen MR) is 190 cm³/mol. The molecule has 0 radical (unpaired) electrons. The molecular formula is C28H23Cl3F4N4O8S5. The molecule has 0 atom stereocenters. The van der Waals surface area contributed by atoms with Crippen LogP contribution < -0.4 is 4.31 Å². The third-order valence-electron chi connectivity index (χ3n) is 5.12. The number of nitrogens with zero attached hydrogens (tertiary/aromatic N) is 4. The van der Waals surface area contributed by atoms with Gasteiger partial charge in [0, 0.05) is 44.6 Å². The largest absolute Gasteiger partial charge is 0.476 e. The maximum absolute atomic E-state index is 14.1. The lowest BCUT2D eigenvalue weighted by Crippen LogP contribution is -2.41. The summed E-state index contributed by atoms with van der Waals surface area (Å²) in [6.45, 7) is 6.58. The molecule has 1 N–H and O–H groups in total. The first-order valence-electron chi connectivity index (χ1n) is 13.3. The number of rotatable bonds is 5. The van der Waals surface area contributed by atoms with Gasteiger partial charge in [-0.1, -0.05) is 23.2 Å². The van der Waals surface area contributed by atoms with Gasteiger partial charge in [0.15, 0.2) is 11.5 Å². The first kappa shape index (κ1) is 44.7. The Balaban J connectivity index is 0.000000284. The monoisotopic (exact) mass is 884 g/mol. The van der Waals surface area contributed by atoms with Crippen molar-refractivity contribution >= 4 is 105 Å². The highest BCUT2D eigenvalue weighted by Crippen LogP contribution is 2.30. The standard InChI is InChI=1S/C14H13ClF2N2O4S2.C6H2Cl2F2O2S.C4H3NO2S.C4H5NS/c1-14(2,3)23-13(20)19(12-6-24-7-18-12)25(21,22)11-4-8(15)9(16)5-10(11)17;7-3-1-6(13(8,11)12)5(10)2-4(3)9;6-4(7)3-1-8-2-5-3;1-4-2-6-3-5-4/h4-7H,1-3H3;1-2H;1-2H,(H,6,7);2-3H,1H3. The van der Waals surface area contributed by atoms with Crippen molar-refractivity contribution < 1.29 is 53.8 Å². The van der Waals surface area contributed by atoms with Crippen LogP contribution in [-0.2, 0) is 23.8 Å². The predicted octanol–water partition coefficient (Wildman–Crippen LogP) is 9.04. The van der Waals surface area contributed by atoms with Gasteiger partial charge < -0.3 is 9.84 Å². The molecule has 1 amide bonds. The Morgan fingerprint density at radius 3 is 1.62 bits per heavy atom. The number of carboxylic acids is 1. The fourth-order valence-electron chi connectivity index (χ4n) is 3.01. The summed E-state index contributed by atoms with van der Waals surface area (Å²) in [5.74, 6) is -6.08. The molecule has 282 valence electrons. The van der Waals surface area contributed by atoms with Crippen molar-refractivity contribution in [2.24, 2.45) is 0 Å². The summed E-state index contributed by atoms with van der Waals surface area (Å²) in [6, 6.07) is 1.89. The lowest BCUT2D eigenvalue weighted by Gasteiger charge is -2.25. The second-order valence-corrected chi connectivity index (χ2v) is 17.5. The average Bonchev–Trinajstić information content (AvgIpc) is 3.81. The zero-order valence-corrected chi connectivity index (χ0v) is 32.9. The summed E-state index contributed by atoms with van der Waals surface area (Å²) in [4.78, 5) is 31.8. The Morgan fingerprint density at radius 1 is 0.769 bits per heavy atom. The third kappa shape index (κ3) is 13.5. The van der Waals surface area contributed by atoms with E-state index < -0.39 is 79.8 Å². The van der Waals surface area contributed by atoms with E-state index in [1.165, 1.54) is 53.9 Å². The fourth-order valence-corrected chi connectivity index (χ4v) is 7.37. The van der Waals surface area contributed by atoms with Gasteiger partial charge in [0.05, 0.1) is 26.6 Å². The van der Waals surface area contributed by atoms with E-state index in [1.807, 2.05) is 17.8 Å². The normalized spacial score (nSPS) is 11.1. The minimum absolute atomic E-state index is 0.120. The number of halogens is 7. The zero-order valence-electron chi connectivity index (χ0n) is 26.6. The van der Waals surface area contributed by atoms with Crippen LogP contribution in [-0.4, -0.2) is 54.6 Å². The van der Waals surface area contributed by atoms with Gasteiger partial charge in [-0.3, -0.25) is 4.98 Å². The van der Waals surface area contributed by atoms with Crippen LogP contribution in [0.4, 0.5) is 28.2 Å². The number of carbonyl (C=O) groups is 2. The van der Waals surface area contributed by atoms with Crippen LogP contribution in [0.15, 0.2) is 66.7 Å². The average molecular weight is 886 g/mol.